The Hall–Kier alpha value is -0.940. The highest BCUT2D eigenvalue weighted by Crippen LogP contribution is 2.58. The standard InChI is InChI=1S/C26H42O4/c1-17-20(15-21(27)16-24(17)28)9-8-19-7-6-12-26(5)22(10-11-23(19)26)18(2)30-14-13-25(3,4)29/h8-9,18,21-24,27-29H,1,6-7,10-16H2,2-5H3/b19-8+,20-9-/t18-,21-,22-,23+,24+,26-/m1/s1. The lowest BCUT2D eigenvalue weighted by atomic mass is 9.62. The monoisotopic (exact) mass is 418 g/mol. The summed E-state index contributed by atoms with van der Waals surface area (Å²) in [4.78, 5) is 0. The van der Waals surface area contributed by atoms with Crippen LogP contribution in [0.2, 0.25) is 0 Å². The Morgan fingerprint density at radius 1 is 1.27 bits per heavy atom. The van der Waals surface area contributed by atoms with Crippen molar-refractivity contribution in [1.82, 2.24) is 0 Å². The van der Waals surface area contributed by atoms with Crippen LogP contribution in [-0.4, -0.2) is 45.8 Å². The zero-order valence-corrected chi connectivity index (χ0v) is 19.4. The molecule has 3 aliphatic rings. The maximum Gasteiger partial charge on any atom is 0.0811 e. The Labute approximate surface area is 182 Å². The fourth-order valence-electron chi connectivity index (χ4n) is 6.13. The van der Waals surface area contributed by atoms with Crippen molar-refractivity contribution >= 4 is 0 Å². The van der Waals surface area contributed by atoms with Crippen LogP contribution >= 0.6 is 0 Å². The summed E-state index contributed by atoms with van der Waals surface area (Å²) in [6.45, 7) is 13.0. The quantitative estimate of drug-likeness (QED) is 0.585. The predicted octanol–water partition coefficient (Wildman–Crippen LogP) is 4.69. The van der Waals surface area contributed by atoms with Crippen molar-refractivity contribution in [3.05, 3.63) is 35.5 Å². The van der Waals surface area contributed by atoms with Gasteiger partial charge in [0.2, 0.25) is 0 Å². The molecule has 4 nitrogen and oxygen atoms in total. The number of ether oxygens (including phenoxy) is 1. The minimum Gasteiger partial charge on any atom is -0.393 e. The molecule has 0 aromatic rings. The van der Waals surface area contributed by atoms with E-state index in [1.807, 2.05) is 13.8 Å². The van der Waals surface area contributed by atoms with Gasteiger partial charge in [0.25, 0.3) is 0 Å². The van der Waals surface area contributed by atoms with Crippen LogP contribution in [0.1, 0.15) is 79.1 Å². The Morgan fingerprint density at radius 3 is 2.70 bits per heavy atom. The summed E-state index contributed by atoms with van der Waals surface area (Å²) in [6, 6.07) is 0. The zero-order valence-electron chi connectivity index (χ0n) is 19.4. The fourth-order valence-corrected chi connectivity index (χ4v) is 6.13. The Kier molecular flexibility index (Phi) is 7.33. The third-order valence-corrected chi connectivity index (χ3v) is 7.96. The SMILES string of the molecule is C=C1/C(=C\C=C2/CCC[C@]3(C)[C@@H]([C@@H](C)OCCC(C)(C)O)CC[C@@H]23)C[C@@H](O)C[C@@H]1O. The molecule has 0 aromatic carbocycles. The highest BCUT2D eigenvalue weighted by Gasteiger charge is 2.51. The maximum atomic E-state index is 10.1. The highest BCUT2D eigenvalue weighted by atomic mass is 16.5. The van der Waals surface area contributed by atoms with E-state index in [-0.39, 0.29) is 11.5 Å². The van der Waals surface area contributed by atoms with Gasteiger partial charge in [0, 0.05) is 13.0 Å². The smallest absolute Gasteiger partial charge is 0.0811 e. The molecule has 30 heavy (non-hydrogen) atoms. The summed E-state index contributed by atoms with van der Waals surface area (Å²) in [5.74, 6) is 1.11. The first kappa shape index (κ1) is 23.7. The molecule has 0 heterocycles. The molecule has 3 N–H and O–H groups in total. The summed E-state index contributed by atoms with van der Waals surface area (Å²) in [7, 11) is 0. The molecule has 3 fully saturated rings. The van der Waals surface area contributed by atoms with Crippen LogP contribution in [0.4, 0.5) is 0 Å². The maximum absolute atomic E-state index is 10.1. The summed E-state index contributed by atoms with van der Waals surface area (Å²) >= 11 is 0. The topological polar surface area (TPSA) is 69.9 Å². The van der Waals surface area contributed by atoms with E-state index in [2.05, 4.69) is 32.6 Å². The second-order valence-corrected chi connectivity index (χ2v) is 10.8. The highest BCUT2D eigenvalue weighted by molar-refractivity contribution is 5.38. The number of allylic oxidation sites excluding steroid dienone is 3. The van der Waals surface area contributed by atoms with E-state index < -0.39 is 17.8 Å². The van der Waals surface area contributed by atoms with Crippen molar-refractivity contribution < 1.29 is 20.1 Å². The molecule has 0 amide bonds. The van der Waals surface area contributed by atoms with Gasteiger partial charge in [0.05, 0.1) is 23.9 Å². The van der Waals surface area contributed by atoms with Gasteiger partial charge in [-0.15, -0.1) is 0 Å². The van der Waals surface area contributed by atoms with Crippen LogP contribution in [0, 0.1) is 17.3 Å². The molecule has 0 bridgehead atoms. The van der Waals surface area contributed by atoms with Crippen LogP contribution in [0.5, 0.6) is 0 Å². The minimum absolute atomic E-state index is 0.198. The molecule has 0 saturated heterocycles. The molecule has 0 aliphatic heterocycles. The van der Waals surface area contributed by atoms with Crippen molar-refractivity contribution in [2.45, 2.75) is 103 Å². The minimum atomic E-state index is -0.680. The van der Waals surface area contributed by atoms with E-state index in [0.29, 0.717) is 37.7 Å². The first-order valence-corrected chi connectivity index (χ1v) is 11.8. The van der Waals surface area contributed by atoms with Crippen LogP contribution in [-0.2, 0) is 4.74 Å². The molecule has 170 valence electrons. The molecule has 3 aliphatic carbocycles. The second kappa shape index (κ2) is 9.28. The van der Waals surface area contributed by atoms with E-state index in [1.165, 1.54) is 31.3 Å². The van der Waals surface area contributed by atoms with Gasteiger partial charge in [-0.1, -0.05) is 31.2 Å². The summed E-state index contributed by atoms with van der Waals surface area (Å²) in [6.07, 6.45) is 11.0. The van der Waals surface area contributed by atoms with Crippen LogP contribution in [0.3, 0.4) is 0 Å². The number of hydrogen-bond acceptors (Lipinski definition) is 4. The molecule has 3 saturated carbocycles. The number of aliphatic hydroxyl groups is 3. The normalized spacial score (nSPS) is 38.8. The van der Waals surface area contributed by atoms with E-state index in [0.717, 1.165) is 17.6 Å². The first-order valence-electron chi connectivity index (χ1n) is 11.8. The van der Waals surface area contributed by atoms with Gasteiger partial charge >= 0.3 is 0 Å². The summed E-state index contributed by atoms with van der Waals surface area (Å²) in [5, 5.41) is 30.1. The second-order valence-electron chi connectivity index (χ2n) is 10.8. The molecule has 0 unspecified atom stereocenters. The molecular weight excluding hydrogens is 376 g/mol. The molecule has 0 radical (unpaired) electrons. The number of rotatable bonds is 6. The fraction of sp³-hybridized carbons (Fsp3) is 0.769. The Bertz CT molecular complexity index is 686. The van der Waals surface area contributed by atoms with Crippen LogP contribution in [0.25, 0.3) is 0 Å². The Balaban J connectivity index is 1.70. The van der Waals surface area contributed by atoms with Crippen molar-refractivity contribution in [1.29, 1.82) is 0 Å². The van der Waals surface area contributed by atoms with Gasteiger partial charge < -0.3 is 20.1 Å². The van der Waals surface area contributed by atoms with Gasteiger partial charge in [-0.3, -0.25) is 0 Å². The molecular formula is C26H42O4. The third-order valence-electron chi connectivity index (χ3n) is 7.96. The van der Waals surface area contributed by atoms with E-state index in [9.17, 15) is 15.3 Å². The van der Waals surface area contributed by atoms with E-state index in [4.69, 9.17) is 4.74 Å². The van der Waals surface area contributed by atoms with Crippen molar-refractivity contribution in [2.24, 2.45) is 17.3 Å². The lowest BCUT2D eigenvalue weighted by molar-refractivity contribution is -0.0454. The average molecular weight is 419 g/mol. The van der Waals surface area contributed by atoms with Crippen LogP contribution in [0.15, 0.2) is 35.5 Å². The van der Waals surface area contributed by atoms with Crippen LogP contribution < -0.4 is 0 Å². The molecule has 3 rings (SSSR count). The van der Waals surface area contributed by atoms with Crippen molar-refractivity contribution in [3.63, 3.8) is 0 Å². The largest absolute Gasteiger partial charge is 0.393 e. The summed E-state index contributed by atoms with van der Waals surface area (Å²) in [5.41, 5.74) is 2.82. The number of hydrogen-bond donors (Lipinski definition) is 3. The molecule has 0 spiro atoms. The van der Waals surface area contributed by atoms with Gasteiger partial charge in [-0.05, 0) is 94.1 Å². The Morgan fingerprint density at radius 2 is 2.00 bits per heavy atom. The van der Waals surface area contributed by atoms with E-state index in [1.54, 1.807) is 0 Å². The average Bonchev–Trinajstić information content (AvgIpc) is 3.00. The van der Waals surface area contributed by atoms with Gasteiger partial charge in [-0.2, -0.15) is 0 Å². The molecule has 4 heteroatoms. The predicted molar refractivity (Wildman–Crippen MR) is 121 cm³/mol. The van der Waals surface area contributed by atoms with Gasteiger partial charge in [-0.25, -0.2) is 0 Å². The zero-order chi connectivity index (χ0) is 22.1. The number of fused-ring (bicyclic) bond motifs is 1. The molecule has 0 aromatic heterocycles. The summed E-state index contributed by atoms with van der Waals surface area (Å²) < 4.78 is 6.19. The molecule has 6 atom stereocenters. The van der Waals surface area contributed by atoms with Gasteiger partial charge in [0.1, 0.15) is 0 Å². The lowest BCUT2D eigenvalue weighted by Gasteiger charge is -2.44. The number of aliphatic hydroxyl groups excluding tert-OH is 2. The first-order chi connectivity index (χ1) is 14.0. The van der Waals surface area contributed by atoms with Gasteiger partial charge in [0.15, 0.2) is 0 Å². The van der Waals surface area contributed by atoms with E-state index >= 15 is 0 Å². The van der Waals surface area contributed by atoms with Crippen molar-refractivity contribution in [3.8, 4) is 0 Å². The lowest BCUT2D eigenvalue weighted by Crippen LogP contribution is -2.39. The van der Waals surface area contributed by atoms with Crippen molar-refractivity contribution in [2.75, 3.05) is 6.61 Å². The third kappa shape index (κ3) is 5.27.